The van der Waals surface area contributed by atoms with Crippen LogP contribution in [0.25, 0.3) is 0 Å². The molecule has 0 aromatic heterocycles. The minimum atomic E-state index is -0.389. The van der Waals surface area contributed by atoms with E-state index in [0.717, 1.165) is 17.5 Å². The largest absolute Gasteiger partial charge is 0.497 e. The first kappa shape index (κ1) is 27.8. The van der Waals surface area contributed by atoms with Gasteiger partial charge in [0.05, 0.1) is 39.6 Å². The van der Waals surface area contributed by atoms with E-state index >= 15 is 0 Å². The summed E-state index contributed by atoms with van der Waals surface area (Å²) in [5.74, 6) is 1.93. The minimum absolute atomic E-state index is 0. The van der Waals surface area contributed by atoms with Gasteiger partial charge >= 0.3 is 11.9 Å². The molecule has 0 spiro atoms. The van der Waals surface area contributed by atoms with Crippen molar-refractivity contribution in [3.8, 4) is 23.0 Å². The van der Waals surface area contributed by atoms with Crippen molar-refractivity contribution in [1.82, 2.24) is 0 Å². The van der Waals surface area contributed by atoms with Crippen LogP contribution < -0.4 is 18.9 Å². The normalized spacial score (nSPS) is 15.5. The van der Waals surface area contributed by atoms with Gasteiger partial charge in [0.15, 0.2) is 0 Å². The molecular formula is C27H36O8. The quantitative estimate of drug-likeness (QED) is 0.554. The molecule has 2 aromatic carbocycles. The van der Waals surface area contributed by atoms with E-state index in [1.807, 2.05) is 27.7 Å². The Hall–Kier alpha value is -3.42. The number of carbonyl (C=O) groups is 2. The van der Waals surface area contributed by atoms with Gasteiger partial charge in [-0.25, -0.2) is 9.59 Å². The monoisotopic (exact) mass is 488 g/mol. The van der Waals surface area contributed by atoms with Gasteiger partial charge in [-0.05, 0) is 45.9 Å². The third-order valence-corrected chi connectivity index (χ3v) is 5.61. The molecule has 2 aliphatic heterocycles. The van der Waals surface area contributed by atoms with Gasteiger partial charge in [-0.2, -0.15) is 0 Å². The zero-order valence-corrected chi connectivity index (χ0v) is 21.0. The Balaban J connectivity index is 0.000000240. The zero-order chi connectivity index (χ0) is 25.3. The Morgan fingerprint density at radius 2 is 1.29 bits per heavy atom. The van der Waals surface area contributed by atoms with Gasteiger partial charge in [0.2, 0.25) is 0 Å². The van der Waals surface area contributed by atoms with Crippen molar-refractivity contribution in [2.24, 2.45) is 0 Å². The molecule has 0 fully saturated rings. The first-order valence-electron chi connectivity index (χ1n) is 10.9. The number of ether oxygens (including phenoxy) is 6. The van der Waals surface area contributed by atoms with Gasteiger partial charge in [0.1, 0.15) is 34.2 Å². The summed E-state index contributed by atoms with van der Waals surface area (Å²) < 4.78 is 31.5. The van der Waals surface area contributed by atoms with E-state index in [1.165, 1.54) is 14.2 Å². The van der Waals surface area contributed by atoms with Crippen LogP contribution in [0, 0.1) is 0 Å². The second kappa shape index (κ2) is 10.5. The van der Waals surface area contributed by atoms with E-state index in [4.69, 9.17) is 28.4 Å². The van der Waals surface area contributed by atoms with Crippen molar-refractivity contribution in [3.63, 3.8) is 0 Å². The van der Waals surface area contributed by atoms with E-state index in [1.54, 1.807) is 38.5 Å². The molecule has 0 N–H and O–H groups in total. The van der Waals surface area contributed by atoms with E-state index in [9.17, 15) is 9.59 Å². The predicted octanol–water partition coefficient (Wildman–Crippen LogP) is 5.03. The summed E-state index contributed by atoms with van der Waals surface area (Å²) in [7, 11) is 5.87. The Morgan fingerprint density at radius 3 is 1.80 bits per heavy atom. The summed E-state index contributed by atoms with van der Waals surface area (Å²) >= 11 is 0. The van der Waals surface area contributed by atoms with Crippen LogP contribution >= 0.6 is 0 Å². The van der Waals surface area contributed by atoms with Crippen LogP contribution in [-0.4, -0.2) is 51.6 Å². The maximum absolute atomic E-state index is 11.7. The highest BCUT2D eigenvalue weighted by molar-refractivity contribution is 5.93. The zero-order valence-electron chi connectivity index (χ0n) is 21.0. The number of hydrogen-bond donors (Lipinski definition) is 0. The molecule has 0 amide bonds. The fourth-order valence-electron chi connectivity index (χ4n) is 4.13. The SMILES string of the molecule is C.COC(=O)c1cc(OC)c2c(c1)OC(C)(C)C2.COC(=O)c1cc(OC)cc2c1CC(C)(C)O2. The summed E-state index contributed by atoms with van der Waals surface area (Å²) in [6, 6.07) is 6.89. The third-order valence-electron chi connectivity index (χ3n) is 5.61. The van der Waals surface area contributed by atoms with Crippen molar-refractivity contribution in [1.29, 1.82) is 0 Å². The smallest absolute Gasteiger partial charge is 0.338 e. The van der Waals surface area contributed by atoms with Crippen molar-refractivity contribution in [3.05, 3.63) is 46.5 Å². The molecule has 0 radical (unpaired) electrons. The van der Waals surface area contributed by atoms with E-state index < -0.39 is 0 Å². The van der Waals surface area contributed by atoms with Crippen LogP contribution in [0.3, 0.4) is 0 Å². The number of fused-ring (bicyclic) bond motifs is 2. The number of hydrogen-bond acceptors (Lipinski definition) is 8. The molecule has 0 atom stereocenters. The Labute approximate surface area is 207 Å². The highest BCUT2D eigenvalue weighted by atomic mass is 16.5. The lowest BCUT2D eigenvalue weighted by molar-refractivity contribution is 0.0590. The number of benzene rings is 2. The molecule has 2 aromatic rings. The fourth-order valence-corrected chi connectivity index (χ4v) is 4.13. The molecule has 8 nitrogen and oxygen atoms in total. The van der Waals surface area contributed by atoms with Crippen molar-refractivity contribution in [2.75, 3.05) is 28.4 Å². The van der Waals surface area contributed by atoms with Gasteiger partial charge in [-0.15, -0.1) is 0 Å². The second-order valence-electron chi connectivity index (χ2n) is 9.37. The summed E-state index contributed by atoms with van der Waals surface area (Å²) in [5, 5.41) is 0. The van der Waals surface area contributed by atoms with Crippen LogP contribution in [-0.2, 0) is 22.3 Å². The summed E-state index contributed by atoms with van der Waals surface area (Å²) in [5.41, 5.74) is 2.31. The summed E-state index contributed by atoms with van der Waals surface area (Å²) in [6.07, 6.45) is 1.46. The first-order chi connectivity index (χ1) is 15.9. The fraction of sp³-hybridized carbons (Fsp3) is 0.481. The number of rotatable bonds is 4. The molecule has 192 valence electrons. The lowest BCUT2D eigenvalue weighted by Gasteiger charge is -2.16. The molecule has 0 saturated heterocycles. The third kappa shape index (κ3) is 5.99. The molecule has 4 rings (SSSR count). The molecule has 0 aliphatic carbocycles. The first-order valence-corrected chi connectivity index (χ1v) is 10.9. The van der Waals surface area contributed by atoms with Gasteiger partial charge in [-0.1, -0.05) is 7.43 Å². The number of carbonyl (C=O) groups excluding carboxylic acids is 2. The molecule has 0 bridgehead atoms. The molecule has 0 saturated carbocycles. The maximum Gasteiger partial charge on any atom is 0.338 e. The Morgan fingerprint density at radius 1 is 0.743 bits per heavy atom. The molecule has 0 unspecified atom stereocenters. The highest BCUT2D eigenvalue weighted by Gasteiger charge is 2.35. The van der Waals surface area contributed by atoms with E-state index in [2.05, 4.69) is 0 Å². The predicted molar refractivity (Wildman–Crippen MR) is 132 cm³/mol. The van der Waals surface area contributed by atoms with Crippen molar-refractivity contribution >= 4 is 11.9 Å². The topological polar surface area (TPSA) is 89.5 Å². The standard InChI is InChI=1S/2C13H16O4.CH4/c1-13(2)7-9-10(15-3)5-8(12(14)16-4)6-11(9)17-13;1-13(2)7-10-9(12(14)16-4)5-8(15-3)6-11(10)17-13;/h2*5-6H,7H2,1-4H3;1H4. The Kier molecular flexibility index (Phi) is 8.31. The lowest BCUT2D eigenvalue weighted by atomic mass is 9.97. The van der Waals surface area contributed by atoms with E-state index in [0.29, 0.717) is 40.5 Å². The molecule has 35 heavy (non-hydrogen) atoms. The van der Waals surface area contributed by atoms with Crippen molar-refractivity contribution in [2.45, 2.75) is 59.2 Å². The van der Waals surface area contributed by atoms with Gasteiger partial charge in [0, 0.05) is 30.0 Å². The van der Waals surface area contributed by atoms with E-state index in [-0.39, 0.29) is 30.6 Å². The van der Waals surface area contributed by atoms with Gasteiger partial charge in [-0.3, -0.25) is 0 Å². The average molecular weight is 489 g/mol. The van der Waals surface area contributed by atoms with Crippen LogP contribution in [0.5, 0.6) is 23.0 Å². The number of esters is 2. The molecule has 8 heteroatoms. The molecular weight excluding hydrogens is 452 g/mol. The average Bonchev–Trinajstić information content (AvgIpc) is 3.29. The minimum Gasteiger partial charge on any atom is -0.497 e. The van der Waals surface area contributed by atoms with Gasteiger partial charge < -0.3 is 28.4 Å². The summed E-state index contributed by atoms with van der Waals surface area (Å²) in [6.45, 7) is 7.98. The maximum atomic E-state index is 11.7. The van der Waals surface area contributed by atoms with Gasteiger partial charge in [0.25, 0.3) is 0 Å². The lowest BCUT2D eigenvalue weighted by Crippen LogP contribution is -2.25. The van der Waals surface area contributed by atoms with Crippen LogP contribution in [0.2, 0.25) is 0 Å². The van der Waals surface area contributed by atoms with Crippen LogP contribution in [0.4, 0.5) is 0 Å². The van der Waals surface area contributed by atoms with Crippen LogP contribution in [0.15, 0.2) is 24.3 Å². The van der Waals surface area contributed by atoms with Crippen LogP contribution in [0.1, 0.15) is 67.0 Å². The Bertz CT molecular complexity index is 1100. The summed E-state index contributed by atoms with van der Waals surface area (Å²) in [4.78, 5) is 23.2. The second-order valence-corrected chi connectivity index (χ2v) is 9.37. The molecule has 2 heterocycles. The highest BCUT2D eigenvalue weighted by Crippen LogP contribution is 2.42. The molecule has 2 aliphatic rings. The van der Waals surface area contributed by atoms with Crippen molar-refractivity contribution < 1.29 is 38.0 Å². The number of methoxy groups -OCH3 is 4.